The average Bonchev–Trinajstić information content (AvgIpc) is 2.14. The van der Waals surface area contributed by atoms with Crippen LogP contribution in [0.5, 0.6) is 0 Å². The van der Waals surface area contributed by atoms with Crippen molar-refractivity contribution in [2.75, 3.05) is 0 Å². The summed E-state index contributed by atoms with van der Waals surface area (Å²) in [5.41, 5.74) is 0.663. The van der Waals surface area contributed by atoms with Gasteiger partial charge in [0.2, 0.25) is 0 Å². The van der Waals surface area contributed by atoms with Crippen molar-refractivity contribution in [1.29, 1.82) is 0 Å². The van der Waals surface area contributed by atoms with Crippen LogP contribution in [-0.4, -0.2) is 13.0 Å². The quantitative estimate of drug-likeness (QED) is 0.696. The van der Waals surface area contributed by atoms with Gasteiger partial charge >= 0.3 is 0 Å². The van der Waals surface area contributed by atoms with Crippen molar-refractivity contribution in [1.82, 2.24) is 0 Å². The molecule has 80 valence electrons. The van der Waals surface area contributed by atoms with Gasteiger partial charge in [-0.1, -0.05) is 43.0 Å². The van der Waals surface area contributed by atoms with Crippen molar-refractivity contribution in [3.05, 3.63) is 59.6 Å². The van der Waals surface area contributed by atoms with E-state index in [0.29, 0.717) is 12.0 Å². The highest BCUT2D eigenvalue weighted by atomic mass is 32.2. The van der Waals surface area contributed by atoms with E-state index in [1.54, 1.807) is 18.2 Å². The van der Waals surface area contributed by atoms with Gasteiger partial charge in [-0.25, -0.2) is 0 Å². The Hall–Kier alpha value is -1.39. The third kappa shape index (κ3) is 4.10. The third-order valence-electron chi connectivity index (χ3n) is 1.77. The van der Waals surface area contributed by atoms with Crippen LogP contribution in [0.15, 0.2) is 59.6 Å². The molecular weight excluding hydrogens is 212 g/mol. The van der Waals surface area contributed by atoms with Crippen LogP contribution < -0.4 is 0 Å². The predicted molar refractivity (Wildman–Crippen MR) is 60.8 cm³/mol. The summed E-state index contributed by atoms with van der Waals surface area (Å²) < 4.78 is 30.7. The van der Waals surface area contributed by atoms with Crippen molar-refractivity contribution >= 4 is 10.1 Å². The molecule has 0 bridgehead atoms. The molecule has 0 aromatic heterocycles. The standard InChI is InChI=1S/C11H12O3S/c1-10-6-4-2-3-5-7-11(9-8-10)15(12,13)14/h2-4,6-9H,1,5H2,(H,12,13,14)/b3-2-,6-4-,9-8-,11-7+. The van der Waals surface area contributed by atoms with Gasteiger partial charge in [0.25, 0.3) is 10.1 Å². The number of hydrogen-bond donors (Lipinski definition) is 1. The Morgan fingerprint density at radius 1 is 1.20 bits per heavy atom. The molecule has 0 aliphatic heterocycles. The first kappa shape index (κ1) is 11.7. The van der Waals surface area contributed by atoms with Crippen molar-refractivity contribution in [2.45, 2.75) is 6.42 Å². The van der Waals surface area contributed by atoms with Crippen molar-refractivity contribution < 1.29 is 13.0 Å². The van der Waals surface area contributed by atoms with Gasteiger partial charge < -0.3 is 0 Å². The summed E-state index contributed by atoms with van der Waals surface area (Å²) in [6.07, 6.45) is 11.9. The Kier molecular flexibility index (Phi) is 3.82. The molecule has 0 aromatic carbocycles. The van der Waals surface area contributed by atoms with Crippen LogP contribution in [0.2, 0.25) is 0 Å². The van der Waals surface area contributed by atoms with Crippen LogP contribution in [0.3, 0.4) is 0 Å². The minimum atomic E-state index is -4.14. The highest BCUT2D eigenvalue weighted by molar-refractivity contribution is 7.90. The number of rotatable bonds is 1. The van der Waals surface area contributed by atoms with Crippen LogP contribution in [0.25, 0.3) is 0 Å². The predicted octanol–water partition coefficient (Wildman–Crippen LogP) is 2.39. The van der Waals surface area contributed by atoms with E-state index < -0.39 is 10.1 Å². The van der Waals surface area contributed by atoms with Crippen molar-refractivity contribution in [3.8, 4) is 0 Å². The van der Waals surface area contributed by atoms with Crippen LogP contribution in [0.4, 0.5) is 0 Å². The van der Waals surface area contributed by atoms with Crippen LogP contribution in [0, 0.1) is 0 Å². The second kappa shape index (κ2) is 4.91. The molecule has 0 amide bonds. The molecule has 0 saturated carbocycles. The topological polar surface area (TPSA) is 54.4 Å². The maximum absolute atomic E-state index is 10.9. The normalized spacial score (nSPS) is 27.5. The molecular formula is C11H12O3S. The molecule has 1 rings (SSSR count). The van der Waals surface area contributed by atoms with Gasteiger partial charge in [0, 0.05) is 0 Å². The van der Waals surface area contributed by atoms with E-state index >= 15 is 0 Å². The zero-order valence-corrected chi connectivity index (χ0v) is 8.94. The molecule has 1 aliphatic carbocycles. The van der Waals surface area contributed by atoms with Crippen LogP contribution >= 0.6 is 0 Å². The average molecular weight is 224 g/mol. The van der Waals surface area contributed by atoms with Gasteiger partial charge in [0.1, 0.15) is 0 Å². The Bertz CT molecular complexity index is 462. The molecule has 3 nitrogen and oxygen atoms in total. The van der Waals surface area contributed by atoms with E-state index in [9.17, 15) is 8.42 Å². The Morgan fingerprint density at radius 2 is 1.93 bits per heavy atom. The minimum absolute atomic E-state index is 0.108. The molecule has 0 heterocycles. The Balaban J connectivity index is 3.07. The highest BCUT2D eigenvalue weighted by Gasteiger charge is 2.09. The molecule has 1 N–H and O–H groups in total. The van der Waals surface area contributed by atoms with Crippen LogP contribution in [-0.2, 0) is 10.1 Å². The minimum Gasteiger partial charge on any atom is -0.282 e. The molecule has 0 atom stereocenters. The fourth-order valence-corrected chi connectivity index (χ4v) is 1.57. The summed E-state index contributed by atoms with van der Waals surface area (Å²) in [5.74, 6) is 0. The van der Waals surface area contributed by atoms with Gasteiger partial charge in [0.15, 0.2) is 0 Å². The monoisotopic (exact) mass is 224 g/mol. The van der Waals surface area contributed by atoms with Crippen LogP contribution in [0.1, 0.15) is 6.42 Å². The van der Waals surface area contributed by atoms with E-state index in [2.05, 4.69) is 6.58 Å². The zero-order chi connectivity index (χ0) is 11.3. The Morgan fingerprint density at radius 3 is 2.60 bits per heavy atom. The third-order valence-corrected chi connectivity index (χ3v) is 2.67. The van der Waals surface area contributed by atoms with Gasteiger partial charge in [-0.05, 0) is 18.1 Å². The first-order valence-corrected chi connectivity index (χ1v) is 5.82. The summed E-state index contributed by atoms with van der Waals surface area (Å²) >= 11 is 0. The molecule has 0 spiro atoms. The van der Waals surface area contributed by atoms with E-state index in [1.165, 1.54) is 18.2 Å². The zero-order valence-electron chi connectivity index (χ0n) is 8.13. The molecule has 0 saturated heterocycles. The maximum atomic E-state index is 10.9. The summed E-state index contributed by atoms with van der Waals surface area (Å²) in [6.45, 7) is 3.69. The molecule has 0 aromatic rings. The largest absolute Gasteiger partial charge is 0.294 e. The fourth-order valence-electron chi connectivity index (χ4n) is 1.02. The molecule has 0 unspecified atom stereocenters. The first-order chi connectivity index (χ1) is 7.00. The van der Waals surface area contributed by atoms with Gasteiger partial charge in [0.05, 0.1) is 4.91 Å². The number of allylic oxidation sites excluding steroid dienone is 8. The lowest BCUT2D eigenvalue weighted by atomic mass is 10.2. The summed E-state index contributed by atoms with van der Waals surface area (Å²) in [5, 5.41) is 0. The lowest BCUT2D eigenvalue weighted by Crippen LogP contribution is -1.99. The van der Waals surface area contributed by atoms with E-state index in [1.807, 2.05) is 6.08 Å². The lowest BCUT2D eigenvalue weighted by molar-refractivity contribution is 0.492. The second-order valence-electron chi connectivity index (χ2n) is 3.01. The smallest absolute Gasteiger partial charge is 0.282 e. The van der Waals surface area contributed by atoms with Crippen molar-refractivity contribution in [3.63, 3.8) is 0 Å². The second-order valence-corrected chi connectivity index (χ2v) is 4.43. The maximum Gasteiger partial charge on any atom is 0.294 e. The van der Waals surface area contributed by atoms with E-state index in [0.717, 1.165) is 0 Å². The molecule has 4 heteroatoms. The molecule has 0 radical (unpaired) electrons. The molecule has 15 heavy (non-hydrogen) atoms. The number of hydrogen-bond acceptors (Lipinski definition) is 2. The summed E-state index contributed by atoms with van der Waals surface area (Å²) in [6, 6.07) is 0. The fraction of sp³-hybridized carbons (Fsp3) is 0.0909. The summed E-state index contributed by atoms with van der Waals surface area (Å²) in [7, 11) is -4.14. The van der Waals surface area contributed by atoms with Gasteiger partial charge in [-0.15, -0.1) is 0 Å². The summed E-state index contributed by atoms with van der Waals surface area (Å²) in [4.78, 5) is -0.108. The van der Waals surface area contributed by atoms with E-state index in [4.69, 9.17) is 4.55 Å². The molecule has 0 fully saturated rings. The van der Waals surface area contributed by atoms with Gasteiger partial charge in [-0.3, -0.25) is 4.55 Å². The Labute approximate surface area is 89.6 Å². The van der Waals surface area contributed by atoms with Gasteiger partial charge in [-0.2, -0.15) is 8.42 Å². The van der Waals surface area contributed by atoms with E-state index in [-0.39, 0.29) is 4.91 Å². The van der Waals surface area contributed by atoms with Crippen molar-refractivity contribution in [2.24, 2.45) is 0 Å². The SMILES string of the molecule is C=C1/C=C\C=C/C/C=C(S(=O)(=O)O)\C=C/1. The highest BCUT2D eigenvalue weighted by Crippen LogP contribution is 2.11. The lowest BCUT2D eigenvalue weighted by Gasteiger charge is -1.98. The molecule has 1 aliphatic rings. The first-order valence-electron chi connectivity index (χ1n) is 4.38.